The summed E-state index contributed by atoms with van der Waals surface area (Å²) in [5.41, 5.74) is 14.4. The van der Waals surface area contributed by atoms with E-state index in [2.05, 4.69) is 10.9 Å². The topological polar surface area (TPSA) is 128 Å². The molecular formula is C20H24N4O4S. The van der Waals surface area contributed by atoms with Gasteiger partial charge < -0.3 is 26.8 Å². The molecule has 0 radical (unpaired) electrons. The van der Waals surface area contributed by atoms with E-state index in [4.69, 9.17) is 15.9 Å². The molecule has 0 unspecified atom stereocenters. The zero-order valence-electron chi connectivity index (χ0n) is 15.7. The smallest absolute Gasteiger partial charge is 0.243 e. The van der Waals surface area contributed by atoms with Crippen LogP contribution in [0.4, 0.5) is 17.1 Å². The third-order valence-electron chi connectivity index (χ3n) is 4.49. The monoisotopic (exact) mass is 416 g/mol. The molecule has 0 aliphatic rings. The predicted octanol–water partition coefficient (Wildman–Crippen LogP) is 1.84. The number of fused-ring (bicyclic) bond motifs is 1. The van der Waals surface area contributed by atoms with Gasteiger partial charge in [-0.15, -0.1) is 0 Å². The number of hydrazine groups is 1. The minimum absolute atomic E-state index is 0.0747. The lowest BCUT2D eigenvalue weighted by molar-refractivity contribution is 0.217. The third kappa shape index (κ3) is 4.60. The van der Waals surface area contributed by atoms with E-state index >= 15 is 0 Å². The maximum absolute atomic E-state index is 12.6. The van der Waals surface area contributed by atoms with Crippen molar-refractivity contribution in [3.8, 4) is 0 Å². The Bertz CT molecular complexity index is 1070. The minimum atomic E-state index is -3.79. The number of hydrogen-bond acceptors (Lipinski definition) is 7. The van der Waals surface area contributed by atoms with Crippen LogP contribution in [0.15, 0.2) is 65.6 Å². The average molecular weight is 417 g/mol. The molecule has 154 valence electrons. The first-order valence-corrected chi connectivity index (χ1v) is 10.5. The number of nitrogens with one attached hydrogen (secondary N) is 2. The number of benzene rings is 3. The number of aliphatic hydroxyl groups is 2. The van der Waals surface area contributed by atoms with Crippen LogP contribution in [-0.4, -0.2) is 49.2 Å². The van der Waals surface area contributed by atoms with Crippen molar-refractivity contribution in [2.45, 2.75) is 4.90 Å². The third-order valence-corrected chi connectivity index (χ3v) is 6.40. The van der Waals surface area contributed by atoms with Gasteiger partial charge in [-0.3, -0.25) is 0 Å². The van der Waals surface area contributed by atoms with E-state index in [1.807, 2.05) is 36.4 Å². The second-order valence-electron chi connectivity index (χ2n) is 6.37. The Morgan fingerprint density at radius 1 is 0.828 bits per heavy atom. The van der Waals surface area contributed by atoms with Gasteiger partial charge in [0.2, 0.25) is 10.0 Å². The molecule has 3 aromatic rings. The fourth-order valence-corrected chi connectivity index (χ4v) is 4.43. The zero-order valence-corrected chi connectivity index (χ0v) is 16.6. The lowest BCUT2D eigenvalue weighted by atomic mass is 10.1. The number of nitrogen functional groups attached to an aromatic ring is 1. The van der Waals surface area contributed by atoms with Crippen molar-refractivity contribution in [1.29, 1.82) is 0 Å². The van der Waals surface area contributed by atoms with Crippen LogP contribution in [0, 0.1) is 0 Å². The van der Waals surface area contributed by atoms with Gasteiger partial charge >= 0.3 is 0 Å². The second-order valence-corrected chi connectivity index (χ2v) is 8.31. The predicted molar refractivity (Wildman–Crippen MR) is 115 cm³/mol. The number of nitrogens with two attached hydrogens (primary N) is 1. The van der Waals surface area contributed by atoms with E-state index in [0.29, 0.717) is 11.4 Å². The Balaban J connectivity index is 1.76. The molecule has 0 saturated carbocycles. The minimum Gasteiger partial charge on any atom is -0.398 e. The van der Waals surface area contributed by atoms with Gasteiger partial charge in [0.15, 0.2) is 0 Å². The lowest BCUT2D eigenvalue weighted by Gasteiger charge is -2.20. The van der Waals surface area contributed by atoms with E-state index in [-0.39, 0.29) is 31.2 Å². The van der Waals surface area contributed by atoms with Crippen LogP contribution in [0.3, 0.4) is 0 Å². The van der Waals surface area contributed by atoms with Gasteiger partial charge in [0.1, 0.15) is 0 Å². The number of rotatable bonds is 9. The average Bonchev–Trinajstić information content (AvgIpc) is 2.74. The molecule has 0 spiro atoms. The highest BCUT2D eigenvalue weighted by Crippen LogP contribution is 2.28. The molecule has 6 N–H and O–H groups in total. The molecule has 3 rings (SSSR count). The summed E-state index contributed by atoms with van der Waals surface area (Å²) in [6.07, 6.45) is 0. The van der Waals surface area contributed by atoms with Crippen molar-refractivity contribution in [2.24, 2.45) is 0 Å². The van der Waals surface area contributed by atoms with Crippen molar-refractivity contribution < 1.29 is 18.6 Å². The molecule has 3 aromatic carbocycles. The van der Waals surface area contributed by atoms with Gasteiger partial charge in [0.05, 0.1) is 29.5 Å². The summed E-state index contributed by atoms with van der Waals surface area (Å²) in [7, 11) is -3.79. The molecule has 0 saturated heterocycles. The van der Waals surface area contributed by atoms with Crippen LogP contribution in [0.1, 0.15) is 0 Å². The van der Waals surface area contributed by atoms with E-state index in [1.165, 1.54) is 12.1 Å². The van der Waals surface area contributed by atoms with Crippen LogP contribution in [0.5, 0.6) is 0 Å². The number of aliphatic hydroxyl groups excluding tert-OH is 2. The Morgan fingerprint density at radius 2 is 1.45 bits per heavy atom. The maximum Gasteiger partial charge on any atom is 0.243 e. The quantitative estimate of drug-likeness (QED) is 0.266. The van der Waals surface area contributed by atoms with Crippen molar-refractivity contribution in [3.63, 3.8) is 0 Å². The molecule has 8 nitrogen and oxygen atoms in total. The summed E-state index contributed by atoms with van der Waals surface area (Å²) in [4.78, 5) is 0.0860. The number of nitrogens with zero attached hydrogens (tertiary/aromatic N) is 1. The van der Waals surface area contributed by atoms with Crippen LogP contribution in [0.25, 0.3) is 10.8 Å². The van der Waals surface area contributed by atoms with Gasteiger partial charge in [0, 0.05) is 29.5 Å². The summed E-state index contributed by atoms with van der Waals surface area (Å²) in [6.45, 7) is -0.792. The first-order valence-electron chi connectivity index (χ1n) is 9.08. The first-order chi connectivity index (χ1) is 14.0. The molecule has 29 heavy (non-hydrogen) atoms. The molecule has 0 aliphatic heterocycles. The summed E-state index contributed by atoms with van der Waals surface area (Å²) in [6, 6.07) is 17.7. The Hall–Kier alpha value is -2.85. The maximum atomic E-state index is 12.6. The molecule has 0 bridgehead atoms. The van der Waals surface area contributed by atoms with E-state index in [9.17, 15) is 8.42 Å². The fourth-order valence-electron chi connectivity index (χ4n) is 3.01. The van der Waals surface area contributed by atoms with Crippen molar-refractivity contribution in [1.82, 2.24) is 4.31 Å². The van der Waals surface area contributed by atoms with Crippen LogP contribution < -0.4 is 16.6 Å². The molecule has 0 aromatic heterocycles. The van der Waals surface area contributed by atoms with Crippen LogP contribution in [-0.2, 0) is 10.0 Å². The van der Waals surface area contributed by atoms with Gasteiger partial charge in [-0.25, -0.2) is 8.42 Å². The summed E-state index contributed by atoms with van der Waals surface area (Å²) in [5.74, 6) is 0. The summed E-state index contributed by atoms with van der Waals surface area (Å²) >= 11 is 0. The number of anilines is 3. The fraction of sp³-hybridized carbons (Fsp3) is 0.200. The highest BCUT2D eigenvalue weighted by atomic mass is 32.2. The van der Waals surface area contributed by atoms with E-state index in [0.717, 1.165) is 20.8 Å². The highest BCUT2D eigenvalue weighted by Gasteiger charge is 2.23. The number of hydrogen-bond donors (Lipinski definition) is 5. The molecular weight excluding hydrogens is 392 g/mol. The Kier molecular flexibility index (Phi) is 6.55. The lowest BCUT2D eigenvalue weighted by Crippen LogP contribution is -2.35. The van der Waals surface area contributed by atoms with Crippen LogP contribution >= 0.6 is 0 Å². The SMILES string of the molecule is Nc1ccc(NNc2ccc(S(=O)(=O)N(CCO)CCO)cc2)c2ccccc12. The summed E-state index contributed by atoms with van der Waals surface area (Å²) < 4.78 is 26.3. The molecule has 0 fully saturated rings. The Morgan fingerprint density at radius 3 is 2.07 bits per heavy atom. The van der Waals surface area contributed by atoms with Crippen molar-refractivity contribution >= 4 is 37.9 Å². The van der Waals surface area contributed by atoms with Gasteiger partial charge in [-0.05, 0) is 36.4 Å². The zero-order chi connectivity index (χ0) is 20.9. The highest BCUT2D eigenvalue weighted by molar-refractivity contribution is 7.89. The van der Waals surface area contributed by atoms with Gasteiger partial charge in [0.25, 0.3) is 0 Å². The molecule has 0 amide bonds. The van der Waals surface area contributed by atoms with Gasteiger partial charge in [-0.2, -0.15) is 4.31 Å². The van der Waals surface area contributed by atoms with Crippen molar-refractivity contribution in [3.05, 3.63) is 60.7 Å². The van der Waals surface area contributed by atoms with Crippen LogP contribution in [0.2, 0.25) is 0 Å². The largest absolute Gasteiger partial charge is 0.398 e. The standard InChI is InChI=1S/C20H24N4O4S/c21-19-9-10-20(18-4-2-1-3-17(18)19)23-22-15-5-7-16(8-6-15)29(27,28)24(11-13-25)12-14-26/h1-10,22-23,25-26H,11-14,21H2. The Labute approximate surface area is 169 Å². The van der Waals surface area contributed by atoms with Gasteiger partial charge in [-0.1, -0.05) is 24.3 Å². The molecule has 0 heterocycles. The second kappa shape index (κ2) is 9.10. The van der Waals surface area contributed by atoms with E-state index in [1.54, 1.807) is 12.1 Å². The van der Waals surface area contributed by atoms with E-state index < -0.39 is 10.0 Å². The molecule has 0 atom stereocenters. The number of sulfonamides is 1. The first kappa shape index (κ1) is 20.9. The molecule has 9 heteroatoms. The summed E-state index contributed by atoms with van der Waals surface area (Å²) in [5, 5.41) is 20.0. The normalized spacial score (nSPS) is 11.7. The molecule has 0 aliphatic carbocycles. The van der Waals surface area contributed by atoms with Crippen molar-refractivity contribution in [2.75, 3.05) is 42.9 Å².